The molecule has 0 bridgehead atoms. The summed E-state index contributed by atoms with van der Waals surface area (Å²) in [6.45, 7) is 6.51. The van der Waals surface area contributed by atoms with Gasteiger partial charge in [-0.25, -0.2) is 4.79 Å². The van der Waals surface area contributed by atoms with E-state index in [1.807, 2.05) is 61.5 Å². The van der Waals surface area contributed by atoms with Gasteiger partial charge in [0.2, 0.25) is 0 Å². The van der Waals surface area contributed by atoms with Crippen LogP contribution in [0.25, 0.3) is 0 Å². The number of nitrogens with zero attached hydrogens (tertiary/aromatic N) is 1. The number of carbonyl (C=O) groups is 2. The van der Waals surface area contributed by atoms with E-state index in [0.717, 1.165) is 42.8 Å². The Balaban J connectivity index is 1.80. The molecule has 3 N–H and O–H groups in total. The molecule has 0 aliphatic carbocycles. The average Bonchev–Trinajstić information content (AvgIpc) is 3.38. The molecule has 3 aromatic rings. The molecule has 180 valence electrons. The Morgan fingerprint density at radius 2 is 1.76 bits per heavy atom. The molecule has 3 rings (SSSR count). The molecule has 34 heavy (non-hydrogen) atoms. The fourth-order valence-corrected chi connectivity index (χ4v) is 3.58. The highest BCUT2D eigenvalue weighted by Gasteiger charge is 2.19. The second kappa shape index (κ2) is 13.1. The minimum atomic E-state index is -0.324. The van der Waals surface area contributed by atoms with E-state index in [1.165, 1.54) is 0 Å². The molecule has 0 fully saturated rings. The van der Waals surface area contributed by atoms with E-state index >= 15 is 0 Å². The first kappa shape index (κ1) is 24.9. The molecule has 3 amide bonds. The zero-order chi connectivity index (χ0) is 24.2. The zero-order valence-electron chi connectivity index (χ0n) is 20.0. The van der Waals surface area contributed by atoms with Gasteiger partial charge in [0.15, 0.2) is 0 Å². The summed E-state index contributed by atoms with van der Waals surface area (Å²) in [6.07, 6.45) is 4.52. The summed E-state index contributed by atoms with van der Waals surface area (Å²) in [5, 5.41) is 8.67. The molecule has 1 aromatic heterocycles. The molecule has 0 aliphatic rings. The van der Waals surface area contributed by atoms with Crippen LogP contribution in [0.5, 0.6) is 0 Å². The van der Waals surface area contributed by atoms with Gasteiger partial charge in [-0.05, 0) is 48.7 Å². The number of furan rings is 1. The summed E-state index contributed by atoms with van der Waals surface area (Å²) < 4.78 is 5.56. The standard InChI is InChI=1S/C27H34N4O3/c1-3-5-16-31(20-23-12-9-17-34-23)25-14-13-22(18-24(25)26(32)28-15-4-2)30-27(33)29-19-21-10-7-6-8-11-21/h6-14,17-18H,3-5,15-16,19-20H2,1-2H3,(H,28,32)(H2,29,30,33). The molecule has 2 aromatic carbocycles. The summed E-state index contributed by atoms with van der Waals surface area (Å²) in [6, 6.07) is 18.6. The van der Waals surface area contributed by atoms with E-state index < -0.39 is 0 Å². The molecule has 0 unspecified atom stereocenters. The van der Waals surface area contributed by atoms with Crippen LogP contribution in [0.15, 0.2) is 71.3 Å². The van der Waals surface area contributed by atoms with Crippen molar-refractivity contribution in [1.29, 1.82) is 0 Å². The maximum Gasteiger partial charge on any atom is 0.319 e. The van der Waals surface area contributed by atoms with Gasteiger partial charge in [0.05, 0.1) is 24.1 Å². The Kier molecular flexibility index (Phi) is 9.58. The molecule has 7 heteroatoms. The van der Waals surface area contributed by atoms with Crippen molar-refractivity contribution in [2.24, 2.45) is 0 Å². The number of rotatable bonds is 12. The van der Waals surface area contributed by atoms with Crippen LogP contribution in [0.2, 0.25) is 0 Å². The van der Waals surface area contributed by atoms with Crippen LogP contribution in [-0.4, -0.2) is 25.0 Å². The maximum absolute atomic E-state index is 13.1. The second-order valence-electron chi connectivity index (χ2n) is 8.14. The summed E-state index contributed by atoms with van der Waals surface area (Å²) in [4.78, 5) is 27.7. The Labute approximate surface area is 201 Å². The topological polar surface area (TPSA) is 86.6 Å². The third kappa shape index (κ3) is 7.40. The lowest BCUT2D eigenvalue weighted by molar-refractivity contribution is 0.0954. The Morgan fingerprint density at radius 1 is 0.941 bits per heavy atom. The molecule has 0 spiro atoms. The van der Waals surface area contributed by atoms with E-state index in [9.17, 15) is 9.59 Å². The largest absolute Gasteiger partial charge is 0.467 e. The van der Waals surface area contributed by atoms with Crippen LogP contribution >= 0.6 is 0 Å². The van der Waals surface area contributed by atoms with Crippen molar-refractivity contribution in [2.75, 3.05) is 23.3 Å². The highest BCUT2D eigenvalue weighted by molar-refractivity contribution is 6.02. The first-order valence-corrected chi connectivity index (χ1v) is 11.9. The van der Waals surface area contributed by atoms with Crippen molar-refractivity contribution in [3.63, 3.8) is 0 Å². The predicted molar refractivity (Wildman–Crippen MR) is 136 cm³/mol. The van der Waals surface area contributed by atoms with Crippen molar-refractivity contribution >= 4 is 23.3 Å². The van der Waals surface area contributed by atoms with Crippen LogP contribution in [0.4, 0.5) is 16.2 Å². The van der Waals surface area contributed by atoms with Crippen LogP contribution in [0.1, 0.15) is 54.8 Å². The Hall–Kier alpha value is -3.74. The van der Waals surface area contributed by atoms with Gasteiger partial charge in [-0.3, -0.25) is 4.79 Å². The normalized spacial score (nSPS) is 10.5. The number of hydrogen-bond acceptors (Lipinski definition) is 4. The van der Waals surface area contributed by atoms with Gasteiger partial charge in [-0.15, -0.1) is 0 Å². The molecule has 0 radical (unpaired) electrons. The molecule has 7 nitrogen and oxygen atoms in total. The smallest absolute Gasteiger partial charge is 0.319 e. The molecular formula is C27H34N4O3. The molecule has 0 aliphatic heterocycles. The van der Waals surface area contributed by atoms with E-state index in [2.05, 4.69) is 27.8 Å². The molecule has 0 atom stereocenters. The van der Waals surface area contributed by atoms with Gasteiger partial charge < -0.3 is 25.3 Å². The molecule has 0 saturated carbocycles. The van der Waals surface area contributed by atoms with Gasteiger partial charge >= 0.3 is 6.03 Å². The second-order valence-corrected chi connectivity index (χ2v) is 8.14. The third-order valence-corrected chi connectivity index (χ3v) is 5.38. The highest BCUT2D eigenvalue weighted by atomic mass is 16.3. The maximum atomic E-state index is 13.1. The number of unbranched alkanes of at least 4 members (excludes halogenated alkanes) is 1. The van der Waals surface area contributed by atoms with Crippen LogP contribution in [0, 0.1) is 0 Å². The summed E-state index contributed by atoms with van der Waals surface area (Å²) >= 11 is 0. The minimum absolute atomic E-state index is 0.161. The SMILES string of the molecule is CCCCN(Cc1ccco1)c1ccc(NC(=O)NCc2ccccc2)cc1C(=O)NCCC. The summed E-state index contributed by atoms with van der Waals surface area (Å²) in [5.74, 6) is 0.671. The van der Waals surface area contributed by atoms with Gasteiger partial charge in [-0.1, -0.05) is 50.6 Å². The van der Waals surface area contributed by atoms with Crippen molar-refractivity contribution < 1.29 is 14.0 Å². The minimum Gasteiger partial charge on any atom is -0.467 e. The summed E-state index contributed by atoms with van der Waals surface area (Å²) in [7, 11) is 0. The van der Waals surface area contributed by atoms with E-state index in [0.29, 0.717) is 30.9 Å². The van der Waals surface area contributed by atoms with Crippen molar-refractivity contribution in [2.45, 2.75) is 46.2 Å². The number of carbonyl (C=O) groups excluding carboxylic acids is 2. The summed E-state index contributed by atoms with van der Waals surface area (Å²) in [5.41, 5.74) is 2.91. The fraction of sp³-hybridized carbons (Fsp3) is 0.333. The van der Waals surface area contributed by atoms with E-state index in [4.69, 9.17) is 4.42 Å². The fourth-order valence-electron chi connectivity index (χ4n) is 3.58. The van der Waals surface area contributed by atoms with Crippen LogP contribution in [-0.2, 0) is 13.1 Å². The number of anilines is 2. The van der Waals surface area contributed by atoms with Crippen LogP contribution in [0.3, 0.4) is 0 Å². The number of urea groups is 1. The van der Waals surface area contributed by atoms with E-state index in [-0.39, 0.29) is 11.9 Å². The van der Waals surface area contributed by atoms with Gasteiger partial charge in [0.25, 0.3) is 5.91 Å². The Bertz CT molecular complexity index is 1040. The van der Waals surface area contributed by atoms with Gasteiger partial charge in [-0.2, -0.15) is 0 Å². The van der Waals surface area contributed by atoms with Crippen LogP contribution < -0.4 is 20.9 Å². The number of amides is 3. The molecule has 1 heterocycles. The van der Waals surface area contributed by atoms with Gasteiger partial charge in [0.1, 0.15) is 5.76 Å². The quantitative estimate of drug-likeness (QED) is 0.329. The average molecular weight is 463 g/mol. The van der Waals surface area contributed by atoms with Gasteiger partial charge in [0, 0.05) is 25.3 Å². The highest BCUT2D eigenvalue weighted by Crippen LogP contribution is 2.27. The van der Waals surface area contributed by atoms with Crippen molar-refractivity contribution in [3.05, 3.63) is 83.8 Å². The lowest BCUT2D eigenvalue weighted by atomic mass is 10.1. The number of benzene rings is 2. The first-order chi connectivity index (χ1) is 16.6. The van der Waals surface area contributed by atoms with Crippen molar-refractivity contribution in [1.82, 2.24) is 10.6 Å². The number of hydrogen-bond donors (Lipinski definition) is 3. The van der Waals surface area contributed by atoms with Crippen molar-refractivity contribution in [3.8, 4) is 0 Å². The zero-order valence-corrected chi connectivity index (χ0v) is 20.0. The lowest BCUT2D eigenvalue weighted by Gasteiger charge is -2.26. The molecular weight excluding hydrogens is 428 g/mol. The molecule has 0 saturated heterocycles. The third-order valence-electron chi connectivity index (χ3n) is 5.38. The van der Waals surface area contributed by atoms with E-state index in [1.54, 1.807) is 12.3 Å². The lowest BCUT2D eigenvalue weighted by Crippen LogP contribution is -2.31. The monoisotopic (exact) mass is 462 g/mol. The number of nitrogens with one attached hydrogen (secondary N) is 3. The first-order valence-electron chi connectivity index (χ1n) is 11.9. The predicted octanol–water partition coefficient (Wildman–Crippen LogP) is 5.55. The Morgan fingerprint density at radius 3 is 2.47 bits per heavy atom.